The van der Waals surface area contributed by atoms with E-state index in [1.807, 2.05) is 0 Å². The van der Waals surface area contributed by atoms with Crippen LogP contribution in [-0.4, -0.2) is 0 Å². The fourth-order valence-corrected chi connectivity index (χ4v) is 0. The second-order valence-corrected chi connectivity index (χ2v) is 0.289. The number of hydrogen-bond acceptors (Lipinski definition) is 0. The summed E-state index contributed by atoms with van der Waals surface area (Å²) in [5, 5.41) is 0. The Bertz CT molecular complexity index is 14.4. The van der Waals surface area contributed by atoms with Crippen LogP contribution in [0.15, 0.2) is 12.7 Å². The molecule has 0 spiro atoms. The van der Waals surface area contributed by atoms with Gasteiger partial charge in [0.25, 0.3) is 0 Å². The van der Waals surface area contributed by atoms with E-state index in [2.05, 4.69) is 27.1 Å². The van der Waals surface area contributed by atoms with E-state index in [1.54, 1.807) is 0 Å². The van der Waals surface area contributed by atoms with Gasteiger partial charge in [0.05, 0.1) is 0 Å². The van der Waals surface area contributed by atoms with Crippen LogP contribution in [-0.2, 0) is 16.3 Å². The molecule has 0 aromatic carbocycles. The predicted octanol–water partition coefficient (Wildman–Crippen LogP) is 1.85. The van der Waals surface area contributed by atoms with E-state index in [-0.39, 0.29) is 0 Å². The predicted molar refractivity (Wildman–Crippen MR) is 24.5 cm³/mol. The van der Waals surface area contributed by atoms with Gasteiger partial charge < -0.3 is 0 Å². The van der Waals surface area contributed by atoms with Crippen molar-refractivity contribution in [2.75, 3.05) is 0 Å². The molecule has 0 saturated carbocycles. The first-order valence-electron chi connectivity index (χ1n) is 1.08. The van der Waals surface area contributed by atoms with Crippen molar-refractivity contribution in [3.63, 3.8) is 0 Å². The zero-order valence-corrected chi connectivity index (χ0v) is 7.63. The summed E-state index contributed by atoms with van der Waals surface area (Å²) in [6.07, 6.45) is 1.50. The average Bonchev–Trinajstić information content (AvgIpc) is 1.46. The van der Waals surface area contributed by atoms with Crippen molar-refractivity contribution in [2.45, 2.75) is 0 Å². The van der Waals surface area contributed by atoms with Crippen LogP contribution in [0.2, 0.25) is 0 Å². The maximum absolute atomic E-state index is 3.25. The van der Waals surface area contributed by atoms with Crippen molar-refractivity contribution in [3.05, 3.63) is 19.6 Å². The van der Waals surface area contributed by atoms with Crippen molar-refractivity contribution in [1.29, 1.82) is 0 Å². The second-order valence-electron chi connectivity index (χ2n) is 0.289. The third kappa shape index (κ3) is 68.2. The van der Waals surface area contributed by atoms with Crippen molar-refractivity contribution in [1.82, 2.24) is 0 Å². The Morgan fingerprint density at radius 3 is 1.80 bits per heavy atom. The van der Waals surface area contributed by atoms with Gasteiger partial charge in [-0.15, -0.1) is 0 Å². The van der Waals surface area contributed by atoms with Crippen LogP contribution in [0, 0.1) is 6.92 Å². The Hall–Kier alpha value is 0.713. The molecule has 0 aliphatic heterocycles. The van der Waals surface area contributed by atoms with E-state index in [0.717, 1.165) is 0 Å². The molecule has 0 bridgehead atoms. The minimum absolute atomic E-state index is 1.19. The van der Waals surface area contributed by atoms with Crippen molar-refractivity contribution < 1.29 is 16.3 Å². The van der Waals surface area contributed by atoms with Crippen LogP contribution in [0.25, 0.3) is 0 Å². The van der Waals surface area contributed by atoms with Crippen LogP contribution >= 0.6 is 13.6 Å². The van der Waals surface area contributed by atoms with Gasteiger partial charge in [-0.1, -0.05) is 0 Å². The van der Waals surface area contributed by atoms with Gasteiger partial charge >= 0.3 is 30.0 Å². The van der Waals surface area contributed by atoms with Gasteiger partial charge in [0.15, 0.2) is 0 Å². The van der Waals surface area contributed by atoms with E-state index in [9.17, 15) is 0 Å². The Labute approximate surface area is 49.7 Å². The fourth-order valence-electron chi connectivity index (χ4n) is 0. The van der Waals surface area contributed by atoms with Crippen LogP contribution < -0.4 is 0 Å². The third-order valence-corrected chi connectivity index (χ3v) is 0. The van der Waals surface area contributed by atoms with E-state index < -0.39 is 0 Å². The molecule has 2 heteroatoms. The first kappa shape index (κ1) is 9.20. The molecule has 0 rings (SSSR count). The summed E-state index contributed by atoms with van der Waals surface area (Å²) < 4.78 is 0. The molecule has 0 amide bonds. The van der Waals surface area contributed by atoms with E-state index in [1.165, 1.54) is 22.4 Å². The molecule has 0 nitrogen and oxygen atoms in total. The molecule has 0 unspecified atom stereocenters. The summed E-state index contributed by atoms with van der Waals surface area (Å²) in [7, 11) is 0. The van der Waals surface area contributed by atoms with Crippen molar-refractivity contribution in [3.8, 4) is 0 Å². The SMILES string of the molecule is C=C[CH2-].[Zn+][Br]. The zero-order chi connectivity index (χ0) is 4.71. The summed E-state index contributed by atoms with van der Waals surface area (Å²) in [6, 6.07) is 0. The van der Waals surface area contributed by atoms with Crippen LogP contribution in [0.1, 0.15) is 0 Å². The number of hydrogen-bond donors (Lipinski definition) is 0. The average molecular weight is 186 g/mol. The van der Waals surface area contributed by atoms with Crippen LogP contribution in [0.4, 0.5) is 0 Å². The summed E-state index contributed by atoms with van der Waals surface area (Å²) in [4.78, 5) is 0. The maximum atomic E-state index is 3.25. The molecule has 0 heterocycles. The molecule has 0 aliphatic carbocycles. The molecule has 0 aliphatic rings. The summed E-state index contributed by atoms with van der Waals surface area (Å²) in [5.74, 6) is 0. The minimum atomic E-state index is 1.19. The number of halogens is 1. The van der Waals surface area contributed by atoms with Gasteiger partial charge in [-0.25, -0.2) is 19.6 Å². The molecule has 0 atom stereocenters. The van der Waals surface area contributed by atoms with Gasteiger partial charge in [0.2, 0.25) is 0 Å². The van der Waals surface area contributed by atoms with E-state index >= 15 is 0 Å². The second kappa shape index (κ2) is 22.1. The fraction of sp³-hybridized carbons (Fsp3) is 0. The number of allylic oxidation sites excluding steroid dienone is 1. The van der Waals surface area contributed by atoms with Crippen LogP contribution in [0.3, 0.4) is 0 Å². The Kier molecular flexibility index (Phi) is 40.8. The third-order valence-electron chi connectivity index (χ3n) is 0. The first-order valence-corrected chi connectivity index (χ1v) is 8.03. The van der Waals surface area contributed by atoms with Crippen molar-refractivity contribution in [2.24, 2.45) is 0 Å². The summed E-state index contributed by atoms with van der Waals surface area (Å²) in [6.45, 7) is 6.50. The standard InChI is InChI=1S/C3H5.BrH.Zn/c1-3-2;;/h3H,1-2H2;1H;/q-1;;+2/p-1. The molecular formula is C3H5BrZn. The normalized spacial score (nSPS) is 3.80. The zero-order valence-electron chi connectivity index (χ0n) is 3.08. The Balaban J connectivity index is 0. The summed E-state index contributed by atoms with van der Waals surface area (Å²) in [5.41, 5.74) is 0. The molecule has 0 aromatic rings. The molecule has 0 radical (unpaired) electrons. The Morgan fingerprint density at radius 2 is 1.80 bits per heavy atom. The number of rotatable bonds is 0. The molecular weight excluding hydrogens is 181 g/mol. The molecule has 5 heavy (non-hydrogen) atoms. The molecule has 26 valence electrons. The molecule has 0 aromatic heterocycles. The van der Waals surface area contributed by atoms with Gasteiger partial charge in [-0.2, -0.15) is 0 Å². The molecule has 0 saturated heterocycles. The van der Waals surface area contributed by atoms with Crippen molar-refractivity contribution >= 4 is 13.6 Å². The van der Waals surface area contributed by atoms with Gasteiger partial charge in [0, 0.05) is 0 Å². The van der Waals surface area contributed by atoms with Gasteiger partial charge in [-0.05, 0) is 0 Å². The summed E-state index contributed by atoms with van der Waals surface area (Å²) >= 11 is 4.25. The van der Waals surface area contributed by atoms with Gasteiger partial charge in [-0.3, -0.25) is 0 Å². The van der Waals surface area contributed by atoms with E-state index in [4.69, 9.17) is 0 Å². The quantitative estimate of drug-likeness (QED) is 0.400. The first-order chi connectivity index (χ1) is 2.41. The van der Waals surface area contributed by atoms with Crippen LogP contribution in [0.5, 0.6) is 0 Å². The molecule has 0 fully saturated rings. The van der Waals surface area contributed by atoms with Gasteiger partial charge in [0.1, 0.15) is 0 Å². The monoisotopic (exact) mass is 184 g/mol. The molecule has 0 N–H and O–H groups in total. The van der Waals surface area contributed by atoms with E-state index in [0.29, 0.717) is 0 Å². The topological polar surface area (TPSA) is 0 Å². The Morgan fingerprint density at radius 1 is 1.80 bits per heavy atom.